The summed E-state index contributed by atoms with van der Waals surface area (Å²) in [6.45, 7) is 15.8. The Balaban J connectivity index is 1.80. The molecule has 3 amide bonds. The molecular weight excluding hydrogens is 544 g/mol. The fourth-order valence-electron chi connectivity index (χ4n) is 4.74. The lowest BCUT2D eigenvalue weighted by Gasteiger charge is -2.35. The first-order chi connectivity index (χ1) is 19.0. The number of esters is 1. The SMILES string of the molecule is CC(=O)O[C@@H]1C[C@@H](C(=O)NC(C)c2ccc(-c3scnc3C)cc2)N(C(=O)C(NC(=O)OC(C)(C)C)C(C)(C)C)C1. The Hall–Kier alpha value is -3.47. The van der Waals surface area contributed by atoms with Crippen LogP contribution in [0.25, 0.3) is 10.4 Å². The lowest BCUT2D eigenvalue weighted by molar-refractivity contribution is -0.147. The number of carbonyl (C=O) groups excluding carboxylic acids is 4. The number of ether oxygens (including phenoxy) is 2. The number of hydrogen-bond donors (Lipinski definition) is 2. The van der Waals surface area contributed by atoms with Gasteiger partial charge >= 0.3 is 12.1 Å². The molecule has 2 aromatic rings. The Kier molecular flexibility index (Phi) is 9.84. The zero-order valence-electron chi connectivity index (χ0n) is 25.4. The predicted molar refractivity (Wildman–Crippen MR) is 157 cm³/mol. The summed E-state index contributed by atoms with van der Waals surface area (Å²) < 4.78 is 10.8. The number of aryl methyl sites for hydroxylation is 1. The van der Waals surface area contributed by atoms with E-state index in [1.807, 2.05) is 64.4 Å². The molecular formula is C30H42N4O6S. The molecule has 4 atom stereocenters. The Morgan fingerprint density at radius 2 is 1.68 bits per heavy atom. The van der Waals surface area contributed by atoms with Gasteiger partial charge in [0.1, 0.15) is 23.8 Å². The first-order valence-electron chi connectivity index (χ1n) is 13.7. The Bertz CT molecular complexity index is 1260. The van der Waals surface area contributed by atoms with Gasteiger partial charge in [-0.3, -0.25) is 14.4 Å². The standard InChI is InChI=1S/C30H42N4O6S/c1-17(20-10-12-21(13-11-20)24-18(2)31-16-41-24)32-26(36)23-14-22(39-19(3)35)15-34(23)27(37)25(29(4,5)6)33-28(38)40-30(7,8)9/h10-13,16-17,22-23,25H,14-15H2,1-9H3,(H,32,36)(H,33,38)/t17?,22-,23+,25?/m1/s1. The summed E-state index contributed by atoms with van der Waals surface area (Å²) in [5.74, 6) is -1.31. The van der Waals surface area contributed by atoms with E-state index in [0.717, 1.165) is 21.7 Å². The third-order valence-corrected chi connectivity index (χ3v) is 7.71. The minimum absolute atomic E-state index is 0.0381. The number of amides is 3. The second kappa shape index (κ2) is 12.6. The van der Waals surface area contributed by atoms with Crippen molar-refractivity contribution in [3.8, 4) is 10.4 Å². The summed E-state index contributed by atoms with van der Waals surface area (Å²) in [4.78, 5) is 58.6. The number of benzene rings is 1. The normalized spacial score (nSPS) is 18.8. The highest BCUT2D eigenvalue weighted by atomic mass is 32.1. The number of likely N-dealkylation sites (tertiary alicyclic amines) is 1. The van der Waals surface area contributed by atoms with Crippen LogP contribution in [-0.2, 0) is 23.9 Å². The summed E-state index contributed by atoms with van der Waals surface area (Å²) >= 11 is 1.57. The third kappa shape index (κ3) is 8.51. The Morgan fingerprint density at radius 3 is 2.20 bits per heavy atom. The van der Waals surface area contributed by atoms with Gasteiger partial charge in [-0.2, -0.15) is 0 Å². The van der Waals surface area contributed by atoms with E-state index in [4.69, 9.17) is 9.47 Å². The predicted octanol–water partition coefficient (Wildman–Crippen LogP) is 4.77. The number of hydrogen-bond acceptors (Lipinski definition) is 8. The molecule has 0 saturated carbocycles. The van der Waals surface area contributed by atoms with Crippen molar-refractivity contribution >= 4 is 35.2 Å². The first kappa shape index (κ1) is 32.0. The van der Waals surface area contributed by atoms with Crippen LogP contribution in [0.1, 0.15) is 79.1 Å². The zero-order chi connectivity index (χ0) is 30.7. The fraction of sp³-hybridized carbons (Fsp3) is 0.567. The Labute approximate surface area is 246 Å². The van der Waals surface area contributed by atoms with E-state index in [0.29, 0.717) is 0 Å². The van der Waals surface area contributed by atoms with Crippen molar-refractivity contribution in [3.63, 3.8) is 0 Å². The van der Waals surface area contributed by atoms with Gasteiger partial charge in [-0.1, -0.05) is 45.0 Å². The first-order valence-corrected chi connectivity index (χ1v) is 14.6. The number of nitrogens with zero attached hydrogens (tertiary/aromatic N) is 2. The van der Waals surface area contributed by atoms with Crippen LogP contribution in [0.4, 0.5) is 4.79 Å². The van der Waals surface area contributed by atoms with E-state index in [1.54, 1.807) is 32.1 Å². The molecule has 1 saturated heterocycles. The summed E-state index contributed by atoms with van der Waals surface area (Å²) in [5, 5.41) is 5.71. The van der Waals surface area contributed by atoms with Crippen molar-refractivity contribution in [2.24, 2.45) is 5.41 Å². The summed E-state index contributed by atoms with van der Waals surface area (Å²) in [6, 6.07) is 5.69. The van der Waals surface area contributed by atoms with Crippen molar-refractivity contribution < 1.29 is 28.7 Å². The molecule has 224 valence electrons. The molecule has 0 radical (unpaired) electrons. The Morgan fingerprint density at radius 1 is 1.05 bits per heavy atom. The highest BCUT2D eigenvalue weighted by molar-refractivity contribution is 7.13. The zero-order valence-corrected chi connectivity index (χ0v) is 26.2. The molecule has 11 heteroatoms. The van der Waals surface area contributed by atoms with Gasteiger partial charge in [0.15, 0.2) is 0 Å². The molecule has 2 heterocycles. The van der Waals surface area contributed by atoms with Gasteiger partial charge in [-0.15, -0.1) is 11.3 Å². The molecule has 3 rings (SSSR count). The average Bonchev–Trinajstić information content (AvgIpc) is 3.46. The molecule has 0 aliphatic carbocycles. The molecule has 1 aliphatic heterocycles. The van der Waals surface area contributed by atoms with Crippen molar-refractivity contribution in [3.05, 3.63) is 41.0 Å². The largest absolute Gasteiger partial charge is 0.461 e. The number of alkyl carbamates (subject to hydrolysis) is 1. The molecule has 2 N–H and O–H groups in total. The second-order valence-corrected chi connectivity index (χ2v) is 13.4. The minimum atomic E-state index is -0.983. The maximum absolute atomic E-state index is 13.9. The second-order valence-electron chi connectivity index (χ2n) is 12.5. The summed E-state index contributed by atoms with van der Waals surface area (Å²) in [5.41, 5.74) is 3.28. The molecule has 41 heavy (non-hydrogen) atoms. The van der Waals surface area contributed by atoms with Crippen LogP contribution >= 0.6 is 11.3 Å². The fourth-order valence-corrected chi connectivity index (χ4v) is 5.56. The quantitative estimate of drug-likeness (QED) is 0.448. The van der Waals surface area contributed by atoms with E-state index in [1.165, 1.54) is 11.8 Å². The number of thiazole rings is 1. The molecule has 1 aliphatic rings. The van der Waals surface area contributed by atoms with Crippen LogP contribution in [0.5, 0.6) is 0 Å². The smallest absolute Gasteiger partial charge is 0.408 e. The van der Waals surface area contributed by atoms with E-state index in [-0.39, 0.29) is 24.9 Å². The van der Waals surface area contributed by atoms with Crippen molar-refractivity contribution in [1.82, 2.24) is 20.5 Å². The molecule has 10 nitrogen and oxygen atoms in total. The number of aromatic nitrogens is 1. The molecule has 2 unspecified atom stereocenters. The molecule has 0 spiro atoms. The van der Waals surface area contributed by atoms with Gasteiger partial charge in [-0.05, 0) is 51.2 Å². The maximum atomic E-state index is 13.9. The van der Waals surface area contributed by atoms with E-state index >= 15 is 0 Å². The van der Waals surface area contributed by atoms with Gasteiger partial charge < -0.3 is 25.0 Å². The maximum Gasteiger partial charge on any atom is 0.408 e. The highest BCUT2D eigenvalue weighted by Gasteiger charge is 2.46. The number of rotatable bonds is 7. The lowest BCUT2D eigenvalue weighted by Crippen LogP contribution is -2.58. The van der Waals surface area contributed by atoms with E-state index in [2.05, 4.69) is 15.6 Å². The van der Waals surface area contributed by atoms with Crippen LogP contribution in [0.2, 0.25) is 0 Å². The van der Waals surface area contributed by atoms with Crippen LogP contribution in [-0.4, -0.2) is 64.1 Å². The average molecular weight is 587 g/mol. The van der Waals surface area contributed by atoms with Crippen molar-refractivity contribution in [2.45, 2.75) is 98.6 Å². The molecule has 1 aromatic carbocycles. The van der Waals surface area contributed by atoms with Crippen LogP contribution in [0.3, 0.4) is 0 Å². The van der Waals surface area contributed by atoms with Gasteiger partial charge in [0.2, 0.25) is 11.8 Å². The lowest BCUT2D eigenvalue weighted by atomic mass is 9.85. The van der Waals surface area contributed by atoms with E-state index in [9.17, 15) is 19.2 Å². The number of carbonyl (C=O) groups is 4. The van der Waals surface area contributed by atoms with Crippen LogP contribution in [0.15, 0.2) is 29.8 Å². The van der Waals surface area contributed by atoms with Crippen LogP contribution < -0.4 is 10.6 Å². The third-order valence-electron chi connectivity index (χ3n) is 6.73. The molecule has 0 bridgehead atoms. The minimum Gasteiger partial charge on any atom is -0.461 e. The van der Waals surface area contributed by atoms with E-state index < -0.39 is 47.2 Å². The summed E-state index contributed by atoms with van der Waals surface area (Å²) in [6.07, 6.45) is -1.23. The van der Waals surface area contributed by atoms with Gasteiger partial charge in [0, 0.05) is 13.3 Å². The summed E-state index contributed by atoms with van der Waals surface area (Å²) in [7, 11) is 0. The number of nitrogens with one attached hydrogen (secondary N) is 2. The van der Waals surface area contributed by atoms with Crippen molar-refractivity contribution in [2.75, 3.05) is 6.54 Å². The molecule has 1 fully saturated rings. The van der Waals surface area contributed by atoms with Crippen LogP contribution in [0, 0.1) is 12.3 Å². The topological polar surface area (TPSA) is 127 Å². The van der Waals surface area contributed by atoms with Gasteiger partial charge in [0.05, 0.1) is 28.7 Å². The monoisotopic (exact) mass is 586 g/mol. The van der Waals surface area contributed by atoms with Crippen molar-refractivity contribution in [1.29, 1.82) is 0 Å². The van der Waals surface area contributed by atoms with Gasteiger partial charge in [0.25, 0.3) is 0 Å². The highest BCUT2D eigenvalue weighted by Crippen LogP contribution is 2.30. The van der Waals surface area contributed by atoms with Gasteiger partial charge in [-0.25, -0.2) is 9.78 Å². The molecule has 1 aromatic heterocycles.